The van der Waals surface area contributed by atoms with Crippen molar-refractivity contribution in [2.24, 2.45) is 4.99 Å². The molecule has 0 fully saturated rings. The van der Waals surface area contributed by atoms with Gasteiger partial charge in [-0.05, 0) is 46.8 Å². The molecule has 0 saturated heterocycles. The number of anilines is 2. The van der Waals surface area contributed by atoms with Gasteiger partial charge in [-0.3, -0.25) is 9.79 Å². The molecule has 0 radical (unpaired) electrons. The predicted octanol–water partition coefficient (Wildman–Crippen LogP) is 4.51. The fraction of sp³-hybridized carbons (Fsp3) is 0.0526. The maximum Gasteiger partial charge on any atom is 0.255 e. The number of amides is 1. The van der Waals surface area contributed by atoms with Crippen LogP contribution in [0.25, 0.3) is 10.4 Å². The third kappa shape index (κ3) is 2.70. The third-order valence-corrected chi connectivity index (χ3v) is 4.92. The molecule has 3 N–H and O–H groups in total. The summed E-state index contributed by atoms with van der Waals surface area (Å²) in [4.78, 5) is 18.0. The largest absolute Gasteiger partial charge is 0.397 e. The highest BCUT2D eigenvalue weighted by Crippen LogP contribution is 2.31. The van der Waals surface area contributed by atoms with Gasteiger partial charge in [0.25, 0.3) is 5.91 Å². The van der Waals surface area contributed by atoms with Gasteiger partial charge >= 0.3 is 0 Å². The van der Waals surface area contributed by atoms with Gasteiger partial charge in [-0.25, -0.2) is 0 Å². The smallest absolute Gasteiger partial charge is 0.255 e. The number of carbonyl (C=O) groups excluding carboxylic acids is 1. The second kappa shape index (κ2) is 5.94. The number of nitrogen functional groups attached to an aromatic ring is 1. The summed E-state index contributed by atoms with van der Waals surface area (Å²) in [5, 5.41) is 4.93. The van der Waals surface area contributed by atoms with Crippen LogP contribution < -0.4 is 11.1 Å². The Kier molecular flexibility index (Phi) is 3.63. The number of hydrogen-bond donors (Lipinski definition) is 2. The van der Waals surface area contributed by atoms with Crippen molar-refractivity contribution in [3.05, 3.63) is 65.0 Å². The summed E-state index contributed by atoms with van der Waals surface area (Å²) in [6.07, 6.45) is 2.68. The summed E-state index contributed by atoms with van der Waals surface area (Å²) in [6.45, 7) is 0. The first-order chi connectivity index (χ1) is 11.7. The Bertz CT molecular complexity index is 945. The van der Waals surface area contributed by atoms with E-state index in [4.69, 9.17) is 5.73 Å². The molecule has 0 unspecified atom stereocenters. The number of nitrogens with one attached hydrogen (secondary N) is 1. The number of rotatable bonds is 3. The number of hydrogen-bond acceptors (Lipinski definition) is 4. The summed E-state index contributed by atoms with van der Waals surface area (Å²) >= 11 is 1.65. The molecular weight excluding hydrogens is 318 g/mol. The second-order valence-electron chi connectivity index (χ2n) is 5.59. The number of fused-ring (bicyclic) bond motifs is 1. The topological polar surface area (TPSA) is 67.5 Å². The van der Waals surface area contributed by atoms with Gasteiger partial charge in [-0.15, -0.1) is 11.3 Å². The Balaban J connectivity index is 1.62. The van der Waals surface area contributed by atoms with E-state index in [1.54, 1.807) is 11.3 Å². The lowest BCUT2D eigenvalue weighted by Gasteiger charge is -2.10. The van der Waals surface area contributed by atoms with Crippen molar-refractivity contribution in [3.8, 4) is 10.4 Å². The zero-order valence-electron chi connectivity index (χ0n) is 12.8. The van der Waals surface area contributed by atoms with Crippen LogP contribution in [0.3, 0.4) is 0 Å². The standard InChI is InChI=1S/C19H15N3OS/c20-15-6-5-13(18-2-1-9-24-18)10-17(15)22-19(23)14-4-3-12-7-8-21-16(12)11-14/h1-6,8-11H,7,20H2,(H,22,23). The van der Waals surface area contributed by atoms with E-state index in [1.807, 2.05) is 60.1 Å². The van der Waals surface area contributed by atoms with Crippen LogP contribution in [0.2, 0.25) is 0 Å². The van der Waals surface area contributed by atoms with E-state index in [9.17, 15) is 4.79 Å². The first-order valence-electron chi connectivity index (χ1n) is 7.61. The molecule has 0 atom stereocenters. The van der Waals surface area contributed by atoms with Crippen LogP contribution in [0.5, 0.6) is 0 Å². The first kappa shape index (κ1) is 14.7. The Morgan fingerprint density at radius 3 is 2.92 bits per heavy atom. The molecule has 24 heavy (non-hydrogen) atoms. The average Bonchev–Trinajstić information content (AvgIpc) is 3.27. The van der Waals surface area contributed by atoms with Crippen LogP contribution in [-0.4, -0.2) is 12.1 Å². The first-order valence-corrected chi connectivity index (χ1v) is 8.49. The number of aliphatic imine (C=N–C) groups is 1. The molecule has 118 valence electrons. The molecule has 1 amide bonds. The van der Waals surface area contributed by atoms with E-state index in [1.165, 1.54) is 0 Å². The lowest BCUT2D eigenvalue weighted by molar-refractivity contribution is 0.102. The highest BCUT2D eigenvalue weighted by molar-refractivity contribution is 7.13. The highest BCUT2D eigenvalue weighted by atomic mass is 32.1. The molecule has 0 saturated carbocycles. The molecule has 1 aromatic heterocycles. The summed E-state index contributed by atoms with van der Waals surface area (Å²) in [5.74, 6) is -0.185. The van der Waals surface area contributed by atoms with Crippen molar-refractivity contribution in [1.29, 1.82) is 0 Å². The summed E-state index contributed by atoms with van der Waals surface area (Å²) in [6, 6.07) is 15.3. The summed E-state index contributed by atoms with van der Waals surface area (Å²) < 4.78 is 0. The monoisotopic (exact) mass is 333 g/mol. The van der Waals surface area contributed by atoms with Gasteiger partial charge in [0.05, 0.1) is 17.1 Å². The molecule has 1 aliphatic rings. The van der Waals surface area contributed by atoms with Crippen molar-refractivity contribution in [1.82, 2.24) is 0 Å². The minimum atomic E-state index is -0.185. The fourth-order valence-electron chi connectivity index (χ4n) is 2.70. The lowest BCUT2D eigenvalue weighted by Crippen LogP contribution is -2.13. The maximum atomic E-state index is 12.5. The van der Waals surface area contributed by atoms with E-state index >= 15 is 0 Å². The van der Waals surface area contributed by atoms with E-state index < -0.39 is 0 Å². The van der Waals surface area contributed by atoms with Gasteiger partial charge in [0.1, 0.15) is 0 Å². The molecule has 2 heterocycles. The molecule has 4 rings (SSSR count). The Labute approximate surface area is 143 Å². The van der Waals surface area contributed by atoms with Crippen molar-refractivity contribution in [2.45, 2.75) is 6.42 Å². The number of nitrogens with two attached hydrogens (primary N) is 1. The van der Waals surface area contributed by atoms with E-state index in [0.29, 0.717) is 16.9 Å². The quantitative estimate of drug-likeness (QED) is 0.693. The summed E-state index contributed by atoms with van der Waals surface area (Å²) in [7, 11) is 0. The van der Waals surface area contributed by atoms with Gasteiger partial charge in [0.2, 0.25) is 0 Å². The Morgan fingerprint density at radius 1 is 1.17 bits per heavy atom. The van der Waals surface area contributed by atoms with Crippen LogP contribution >= 0.6 is 11.3 Å². The van der Waals surface area contributed by atoms with Gasteiger partial charge in [0, 0.05) is 23.1 Å². The highest BCUT2D eigenvalue weighted by Gasteiger charge is 2.13. The third-order valence-electron chi connectivity index (χ3n) is 4.00. The Morgan fingerprint density at radius 2 is 2.08 bits per heavy atom. The van der Waals surface area contributed by atoms with Crippen LogP contribution in [0.1, 0.15) is 15.9 Å². The van der Waals surface area contributed by atoms with Gasteiger partial charge in [-0.2, -0.15) is 0 Å². The van der Waals surface area contributed by atoms with Crippen molar-refractivity contribution in [2.75, 3.05) is 11.1 Å². The second-order valence-corrected chi connectivity index (χ2v) is 6.54. The molecule has 5 heteroatoms. The molecule has 1 aliphatic heterocycles. The molecule has 0 aliphatic carbocycles. The van der Waals surface area contributed by atoms with Crippen molar-refractivity contribution < 1.29 is 4.79 Å². The summed E-state index contributed by atoms with van der Waals surface area (Å²) in [5.41, 5.74) is 10.8. The van der Waals surface area contributed by atoms with Gasteiger partial charge in [-0.1, -0.05) is 18.2 Å². The Hall–Kier alpha value is -2.92. The van der Waals surface area contributed by atoms with E-state index in [0.717, 1.165) is 28.1 Å². The number of benzene rings is 2. The van der Waals surface area contributed by atoms with E-state index in [-0.39, 0.29) is 5.91 Å². The van der Waals surface area contributed by atoms with Gasteiger partial charge < -0.3 is 11.1 Å². The van der Waals surface area contributed by atoms with Gasteiger partial charge in [0.15, 0.2) is 0 Å². The molecule has 2 aromatic carbocycles. The maximum absolute atomic E-state index is 12.5. The molecular formula is C19H15N3OS. The SMILES string of the molecule is Nc1ccc(-c2cccs2)cc1NC(=O)c1ccc2c(c1)N=CC2. The van der Waals surface area contributed by atoms with Crippen LogP contribution in [0.15, 0.2) is 58.9 Å². The predicted molar refractivity (Wildman–Crippen MR) is 100 cm³/mol. The molecule has 0 bridgehead atoms. The fourth-order valence-corrected chi connectivity index (χ4v) is 3.42. The molecule has 4 nitrogen and oxygen atoms in total. The zero-order valence-corrected chi connectivity index (χ0v) is 13.6. The molecule has 3 aromatic rings. The number of thiophene rings is 1. The normalized spacial score (nSPS) is 12.2. The average molecular weight is 333 g/mol. The minimum absolute atomic E-state index is 0.185. The van der Waals surface area contributed by atoms with Crippen LogP contribution in [0, 0.1) is 0 Å². The number of nitrogens with zero attached hydrogens (tertiary/aromatic N) is 1. The molecule has 0 spiro atoms. The lowest BCUT2D eigenvalue weighted by atomic mass is 10.1. The minimum Gasteiger partial charge on any atom is -0.397 e. The van der Waals surface area contributed by atoms with Crippen LogP contribution in [-0.2, 0) is 6.42 Å². The van der Waals surface area contributed by atoms with Crippen molar-refractivity contribution >= 4 is 40.5 Å². The number of carbonyl (C=O) groups is 1. The zero-order chi connectivity index (χ0) is 16.5. The van der Waals surface area contributed by atoms with E-state index in [2.05, 4.69) is 10.3 Å². The van der Waals surface area contributed by atoms with Crippen LogP contribution in [0.4, 0.5) is 17.1 Å². The van der Waals surface area contributed by atoms with Crippen molar-refractivity contribution in [3.63, 3.8) is 0 Å².